The van der Waals surface area contributed by atoms with Gasteiger partial charge < -0.3 is 25.0 Å². The van der Waals surface area contributed by atoms with Gasteiger partial charge in [-0.05, 0) is 83.9 Å². The van der Waals surface area contributed by atoms with Crippen LogP contribution in [0.3, 0.4) is 0 Å². The first-order valence-corrected chi connectivity index (χ1v) is 11.7. The summed E-state index contributed by atoms with van der Waals surface area (Å²) < 4.78 is 5.89. The number of aromatic nitrogens is 3. The van der Waals surface area contributed by atoms with E-state index in [0.29, 0.717) is 35.7 Å². The van der Waals surface area contributed by atoms with E-state index in [9.17, 15) is 5.11 Å². The van der Waals surface area contributed by atoms with Crippen LogP contribution in [0.15, 0.2) is 36.4 Å². The molecular formula is C26H35N5O2. The average molecular weight is 450 g/mol. The summed E-state index contributed by atoms with van der Waals surface area (Å²) in [6.45, 7) is 11.1. The van der Waals surface area contributed by atoms with E-state index < -0.39 is 0 Å². The third-order valence-electron chi connectivity index (χ3n) is 6.35. The second kappa shape index (κ2) is 9.06. The number of ether oxygens (including phenoxy) is 1. The largest absolute Gasteiger partial charge is 0.507 e. The van der Waals surface area contributed by atoms with Crippen LogP contribution in [0.25, 0.3) is 22.5 Å². The van der Waals surface area contributed by atoms with Crippen LogP contribution >= 0.6 is 0 Å². The molecule has 1 fully saturated rings. The number of aromatic hydroxyl groups is 1. The maximum atomic E-state index is 10.9. The number of piperidine rings is 1. The molecular weight excluding hydrogens is 414 g/mol. The number of hydrogen-bond acceptors (Lipinski definition) is 6. The van der Waals surface area contributed by atoms with E-state index in [1.54, 1.807) is 6.07 Å². The van der Waals surface area contributed by atoms with Crippen LogP contribution in [-0.4, -0.2) is 51.6 Å². The van der Waals surface area contributed by atoms with E-state index in [0.717, 1.165) is 35.6 Å². The summed E-state index contributed by atoms with van der Waals surface area (Å²) in [4.78, 5) is 5.52. The minimum Gasteiger partial charge on any atom is -0.507 e. The monoisotopic (exact) mass is 449 g/mol. The number of aryl methyl sites for hydroxylation is 1. The summed E-state index contributed by atoms with van der Waals surface area (Å²) in [6, 6.07) is 12.4. The topological polar surface area (TPSA) is 86.3 Å². The predicted molar refractivity (Wildman–Crippen MR) is 133 cm³/mol. The van der Waals surface area contributed by atoms with Crippen molar-refractivity contribution >= 4 is 5.82 Å². The van der Waals surface area contributed by atoms with Gasteiger partial charge in [0.15, 0.2) is 5.82 Å². The highest BCUT2D eigenvalue weighted by atomic mass is 16.5. The molecule has 1 aromatic carbocycles. The van der Waals surface area contributed by atoms with Gasteiger partial charge in [-0.25, -0.2) is 0 Å². The zero-order valence-electron chi connectivity index (χ0n) is 20.4. The fourth-order valence-corrected chi connectivity index (χ4v) is 4.95. The number of aromatic amines is 1. The Hall–Kier alpha value is -3.06. The maximum absolute atomic E-state index is 10.9. The Morgan fingerprint density at radius 3 is 2.58 bits per heavy atom. The van der Waals surface area contributed by atoms with E-state index in [2.05, 4.69) is 53.2 Å². The smallest absolute Gasteiger partial charge is 0.151 e. The van der Waals surface area contributed by atoms with E-state index in [-0.39, 0.29) is 11.3 Å². The Bertz CT molecular complexity index is 1110. The first kappa shape index (κ1) is 23.1. The van der Waals surface area contributed by atoms with Crippen molar-refractivity contribution in [2.75, 3.05) is 18.6 Å². The fourth-order valence-electron chi connectivity index (χ4n) is 4.95. The van der Waals surface area contributed by atoms with Crippen molar-refractivity contribution in [3.8, 4) is 34.0 Å². The molecule has 3 aromatic rings. The molecule has 2 unspecified atom stereocenters. The molecule has 3 heterocycles. The van der Waals surface area contributed by atoms with Gasteiger partial charge in [-0.2, -0.15) is 0 Å². The van der Waals surface area contributed by atoms with Crippen LogP contribution in [0.1, 0.15) is 46.2 Å². The number of phenolic OH excluding ortho intramolecular Hbond substituents is 1. The van der Waals surface area contributed by atoms with Gasteiger partial charge in [-0.15, -0.1) is 10.2 Å². The zero-order chi connectivity index (χ0) is 23.8. The quantitative estimate of drug-likeness (QED) is 0.496. The van der Waals surface area contributed by atoms with Gasteiger partial charge in [-0.3, -0.25) is 0 Å². The van der Waals surface area contributed by atoms with Crippen LogP contribution in [0.2, 0.25) is 0 Å². The number of phenols is 1. The number of H-pyrrole nitrogens is 1. The van der Waals surface area contributed by atoms with Gasteiger partial charge in [0.05, 0.1) is 12.2 Å². The molecule has 4 rings (SSSR count). The van der Waals surface area contributed by atoms with Crippen LogP contribution in [0.4, 0.5) is 5.82 Å². The van der Waals surface area contributed by atoms with Crippen LogP contribution in [0, 0.1) is 6.92 Å². The van der Waals surface area contributed by atoms with Crippen molar-refractivity contribution in [1.29, 1.82) is 0 Å². The van der Waals surface area contributed by atoms with Gasteiger partial charge in [0.1, 0.15) is 17.2 Å². The van der Waals surface area contributed by atoms with Gasteiger partial charge in [-0.1, -0.05) is 0 Å². The molecule has 0 aliphatic carbocycles. The van der Waals surface area contributed by atoms with Crippen molar-refractivity contribution in [3.63, 3.8) is 0 Å². The molecule has 0 saturated carbocycles. The predicted octanol–water partition coefficient (Wildman–Crippen LogP) is 4.91. The van der Waals surface area contributed by atoms with Crippen molar-refractivity contribution < 1.29 is 9.84 Å². The zero-order valence-corrected chi connectivity index (χ0v) is 20.4. The van der Waals surface area contributed by atoms with E-state index in [4.69, 9.17) is 4.74 Å². The molecule has 0 radical (unpaired) electrons. The molecule has 33 heavy (non-hydrogen) atoms. The lowest BCUT2D eigenvalue weighted by Crippen LogP contribution is -2.56. The number of nitrogens with one attached hydrogen (secondary N) is 2. The third kappa shape index (κ3) is 4.98. The molecule has 1 aliphatic rings. The van der Waals surface area contributed by atoms with E-state index in [1.807, 2.05) is 44.2 Å². The van der Waals surface area contributed by atoms with E-state index in [1.165, 1.54) is 0 Å². The molecule has 1 saturated heterocycles. The number of anilines is 1. The summed E-state index contributed by atoms with van der Waals surface area (Å²) in [6.07, 6.45) is 2.09. The lowest BCUT2D eigenvalue weighted by atomic mass is 9.85. The van der Waals surface area contributed by atoms with Crippen molar-refractivity contribution in [2.24, 2.45) is 0 Å². The molecule has 0 amide bonds. The lowest BCUT2D eigenvalue weighted by molar-refractivity contribution is 0.225. The molecule has 176 valence electrons. The summed E-state index contributed by atoms with van der Waals surface area (Å²) in [7, 11) is 2.08. The number of benzene rings is 1. The van der Waals surface area contributed by atoms with Gasteiger partial charge >= 0.3 is 0 Å². The molecule has 7 nitrogen and oxygen atoms in total. The van der Waals surface area contributed by atoms with Crippen molar-refractivity contribution in [1.82, 2.24) is 20.5 Å². The lowest BCUT2D eigenvalue weighted by Gasteiger charge is -2.44. The molecule has 1 aliphatic heterocycles. The summed E-state index contributed by atoms with van der Waals surface area (Å²) in [5.74, 6) is 1.53. The first-order valence-electron chi connectivity index (χ1n) is 11.7. The first-order chi connectivity index (χ1) is 15.7. The molecule has 3 N–H and O–H groups in total. The number of hydrogen-bond donors (Lipinski definition) is 3. The highest BCUT2D eigenvalue weighted by Gasteiger charge is 2.33. The summed E-state index contributed by atoms with van der Waals surface area (Å²) >= 11 is 0. The fraction of sp³-hybridized carbons (Fsp3) is 0.462. The Morgan fingerprint density at radius 1 is 1.18 bits per heavy atom. The van der Waals surface area contributed by atoms with Crippen LogP contribution < -0.4 is 15.0 Å². The Kier molecular flexibility index (Phi) is 6.34. The summed E-state index contributed by atoms with van der Waals surface area (Å²) in [5, 5.41) is 23.6. The minimum absolute atomic E-state index is 0.0849. The van der Waals surface area contributed by atoms with Crippen LogP contribution in [-0.2, 0) is 0 Å². The normalized spacial score (nSPS) is 19.9. The molecule has 2 aromatic heterocycles. The van der Waals surface area contributed by atoms with Crippen LogP contribution in [0.5, 0.6) is 11.5 Å². The third-order valence-corrected chi connectivity index (χ3v) is 6.35. The Balaban J connectivity index is 1.63. The van der Waals surface area contributed by atoms with Gasteiger partial charge in [0.25, 0.3) is 0 Å². The maximum Gasteiger partial charge on any atom is 0.151 e. The average Bonchev–Trinajstić information content (AvgIpc) is 3.18. The van der Waals surface area contributed by atoms with Crippen molar-refractivity contribution in [2.45, 2.75) is 65.1 Å². The Labute approximate surface area is 196 Å². The highest BCUT2D eigenvalue weighted by Crippen LogP contribution is 2.41. The standard InChI is InChI=1S/C26H35N5O2/c1-7-33-23-14-18(20-9-8-16(2)27-20)13-22(32)25(23)21-10-11-24(30-29-21)31(6)19-12-17(3)28-26(4,5)15-19/h8-11,13-14,17,19,27-28,32H,7,12,15H2,1-6H3. The SMILES string of the molecule is CCOc1cc(-c2ccc(C)[nH]2)cc(O)c1-c1ccc(N(C)C2CC(C)NC(C)(C)C2)nn1. The minimum atomic E-state index is 0.0849. The number of nitrogens with zero attached hydrogens (tertiary/aromatic N) is 3. The molecule has 0 spiro atoms. The van der Waals surface area contributed by atoms with Gasteiger partial charge in [0.2, 0.25) is 0 Å². The Morgan fingerprint density at radius 2 is 1.97 bits per heavy atom. The van der Waals surface area contributed by atoms with Crippen molar-refractivity contribution in [3.05, 3.63) is 42.1 Å². The summed E-state index contributed by atoms with van der Waals surface area (Å²) in [5.41, 5.74) is 4.08. The molecule has 7 heteroatoms. The second-order valence-corrected chi connectivity index (χ2v) is 9.77. The molecule has 0 bridgehead atoms. The molecule has 2 atom stereocenters. The van der Waals surface area contributed by atoms with E-state index >= 15 is 0 Å². The van der Waals surface area contributed by atoms with Gasteiger partial charge in [0, 0.05) is 41.6 Å². The second-order valence-electron chi connectivity index (χ2n) is 9.77. The highest BCUT2D eigenvalue weighted by molar-refractivity contribution is 5.79. The number of rotatable bonds is 6.